The van der Waals surface area contributed by atoms with Crippen LogP contribution in [0.1, 0.15) is 36.8 Å². The van der Waals surface area contributed by atoms with Gasteiger partial charge in [0.05, 0.1) is 23.9 Å². The Bertz CT molecular complexity index is 1130. The van der Waals surface area contributed by atoms with Gasteiger partial charge in [-0.1, -0.05) is 6.07 Å². The maximum atomic E-state index is 12.6. The summed E-state index contributed by atoms with van der Waals surface area (Å²) in [6, 6.07) is 3.28. The Labute approximate surface area is 200 Å². The lowest BCUT2D eigenvalue weighted by Gasteiger charge is -2.61. The topological polar surface area (TPSA) is 166 Å². The summed E-state index contributed by atoms with van der Waals surface area (Å²) in [5, 5.41) is 43.1. The molecule has 1 aromatic rings. The van der Waals surface area contributed by atoms with Crippen molar-refractivity contribution < 1.29 is 44.3 Å². The number of carboxylic acids is 1. The summed E-state index contributed by atoms with van der Waals surface area (Å²) in [4.78, 5) is 37.1. The Kier molecular flexibility index (Phi) is 5.53. The molecule has 2 aliphatic heterocycles. The van der Waals surface area contributed by atoms with Crippen molar-refractivity contribution in [3.63, 3.8) is 0 Å². The fraction of sp³-hybridized carbons (Fsp3) is 0.542. The van der Waals surface area contributed by atoms with Crippen LogP contribution in [-0.4, -0.2) is 87.2 Å². The number of benzene rings is 1. The van der Waals surface area contributed by atoms with Crippen molar-refractivity contribution in [3.05, 3.63) is 35.1 Å². The predicted molar refractivity (Wildman–Crippen MR) is 119 cm³/mol. The van der Waals surface area contributed by atoms with Crippen LogP contribution in [0, 0.1) is 0 Å². The van der Waals surface area contributed by atoms with Crippen molar-refractivity contribution in [3.8, 4) is 11.5 Å². The molecule has 2 heterocycles. The standard InChI is InChI=1S/C24H28N2O9/c1-26-9-7-23-19-12-2-3-13(27)20(19)35-21(23)15(4-6-24(23,33)16(26)10-12)34-18(31)5-8-25-22(32)14(28)11-17(29)30/h2-4,14,16,21,27-28,33H,5-11H2,1H3,(H,25,32)(H,29,30)/t14?,16-,21+,23+,24-/m1/s1. The fourth-order valence-electron chi connectivity index (χ4n) is 6.28. The number of likely N-dealkylation sites (N-methyl/N-ethyl adjacent to an activating group) is 1. The van der Waals surface area contributed by atoms with Crippen molar-refractivity contribution in [1.82, 2.24) is 10.2 Å². The monoisotopic (exact) mass is 488 g/mol. The Morgan fingerprint density at radius 3 is 2.86 bits per heavy atom. The predicted octanol–water partition coefficient (Wildman–Crippen LogP) is -0.445. The lowest BCUT2D eigenvalue weighted by Crippen LogP contribution is -2.74. The fourth-order valence-corrected chi connectivity index (χ4v) is 6.28. The van der Waals surface area contributed by atoms with Gasteiger partial charge in [0, 0.05) is 24.6 Å². The third kappa shape index (κ3) is 3.40. The van der Waals surface area contributed by atoms with E-state index in [1.807, 2.05) is 13.1 Å². The first-order chi connectivity index (χ1) is 16.6. The zero-order valence-corrected chi connectivity index (χ0v) is 19.2. The zero-order valence-electron chi connectivity index (χ0n) is 19.2. The van der Waals surface area contributed by atoms with Crippen LogP contribution in [0.25, 0.3) is 0 Å². The number of nitrogens with one attached hydrogen (secondary N) is 1. The average molecular weight is 488 g/mol. The number of phenolic OH excluding ortho intramolecular Hbond substituents is 1. The molecule has 2 aliphatic carbocycles. The van der Waals surface area contributed by atoms with E-state index in [4.69, 9.17) is 14.6 Å². The first-order valence-corrected chi connectivity index (χ1v) is 11.6. The Hall–Kier alpha value is -3.15. The molecular weight excluding hydrogens is 460 g/mol. The van der Waals surface area contributed by atoms with Gasteiger partial charge in [0.25, 0.3) is 0 Å². The number of aliphatic carboxylic acids is 1. The molecule has 1 amide bonds. The number of carboxylic acid groups (broad SMARTS) is 1. The van der Waals surface area contributed by atoms with E-state index < -0.39 is 47.5 Å². The summed E-state index contributed by atoms with van der Waals surface area (Å²) in [6.07, 6.45) is -0.387. The number of piperidine rings is 1. The second-order valence-electron chi connectivity index (χ2n) is 9.73. The van der Waals surface area contributed by atoms with Crippen LogP contribution in [0.3, 0.4) is 0 Å². The molecule has 1 fully saturated rings. The second-order valence-corrected chi connectivity index (χ2v) is 9.73. The number of rotatable bonds is 7. The van der Waals surface area contributed by atoms with Crippen molar-refractivity contribution in [2.24, 2.45) is 0 Å². The van der Waals surface area contributed by atoms with Crippen LogP contribution in [0.2, 0.25) is 0 Å². The number of hydrogen-bond acceptors (Lipinski definition) is 9. The van der Waals surface area contributed by atoms with Gasteiger partial charge >= 0.3 is 11.9 Å². The Balaban J connectivity index is 1.35. The molecule has 1 spiro atoms. The van der Waals surface area contributed by atoms with Crippen LogP contribution in [-0.2, 0) is 31.0 Å². The van der Waals surface area contributed by atoms with Gasteiger partial charge in [-0.25, -0.2) is 0 Å². The minimum absolute atomic E-state index is 0.0273. The molecule has 2 bridgehead atoms. The largest absolute Gasteiger partial charge is 0.504 e. The van der Waals surface area contributed by atoms with Gasteiger partial charge in [-0.15, -0.1) is 0 Å². The summed E-state index contributed by atoms with van der Waals surface area (Å²) in [7, 11) is 1.98. The highest BCUT2D eigenvalue weighted by molar-refractivity contribution is 5.85. The number of nitrogens with zero attached hydrogens (tertiary/aromatic N) is 1. The Morgan fingerprint density at radius 2 is 2.11 bits per heavy atom. The van der Waals surface area contributed by atoms with Crippen molar-refractivity contribution in [1.29, 1.82) is 0 Å². The lowest BCUT2D eigenvalue weighted by atomic mass is 9.50. The SMILES string of the molecule is CN1CC[C@]23c4c5ccc(O)c4O[C@H]2C(OC(=O)CCNC(=O)C(O)CC(=O)O)=CC[C@@]3(O)[C@H]1C5. The van der Waals surface area contributed by atoms with E-state index in [1.54, 1.807) is 12.1 Å². The zero-order chi connectivity index (χ0) is 25.1. The number of aromatic hydroxyl groups is 1. The smallest absolute Gasteiger partial charge is 0.312 e. The summed E-state index contributed by atoms with van der Waals surface area (Å²) in [6.45, 7) is 0.549. The van der Waals surface area contributed by atoms with E-state index in [1.165, 1.54) is 0 Å². The highest BCUT2D eigenvalue weighted by Gasteiger charge is 2.72. The summed E-state index contributed by atoms with van der Waals surface area (Å²) in [5.74, 6) is -2.32. The molecule has 11 nitrogen and oxygen atoms in total. The number of amides is 1. The van der Waals surface area contributed by atoms with E-state index in [2.05, 4.69) is 10.2 Å². The van der Waals surface area contributed by atoms with Gasteiger partial charge < -0.3 is 40.1 Å². The van der Waals surface area contributed by atoms with Gasteiger partial charge in [-0.2, -0.15) is 0 Å². The molecule has 0 aromatic heterocycles. The minimum Gasteiger partial charge on any atom is -0.504 e. The number of ether oxygens (including phenoxy) is 2. The molecule has 5 N–H and O–H groups in total. The van der Waals surface area contributed by atoms with Gasteiger partial charge in [-0.05, 0) is 44.1 Å². The number of carbonyl (C=O) groups excluding carboxylic acids is 2. The number of carbonyl (C=O) groups is 3. The maximum Gasteiger partial charge on any atom is 0.312 e. The van der Waals surface area contributed by atoms with Crippen molar-refractivity contribution in [2.45, 2.75) is 61.4 Å². The number of phenols is 1. The molecule has 1 aromatic carbocycles. The molecule has 11 heteroatoms. The highest BCUT2D eigenvalue weighted by Crippen LogP contribution is 2.65. The van der Waals surface area contributed by atoms with Crippen molar-refractivity contribution >= 4 is 17.8 Å². The molecule has 5 atom stereocenters. The van der Waals surface area contributed by atoms with Gasteiger partial charge in [0.15, 0.2) is 17.6 Å². The van der Waals surface area contributed by atoms with Crippen LogP contribution in [0.15, 0.2) is 24.0 Å². The number of likely N-dealkylation sites (tertiary alicyclic amines) is 1. The molecule has 4 aliphatic rings. The average Bonchev–Trinajstić information content (AvgIpc) is 3.15. The number of hydrogen-bond donors (Lipinski definition) is 5. The summed E-state index contributed by atoms with van der Waals surface area (Å²) < 4.78 is 11.8. The van der Waals surface area contributed by atoms with Gasteiger partial charge in [-0.3, -0.25) is 14.4 Å². The van der Waals surface area contributed by atoms with Crippen molar-refractivity contribution in [2.75, 3.05) is 20.1 Å². The number of esters is 1. The van der Waals surface area contributed by atoms with Crippen LogP contribution >= 0.6 is 0 Å². The molecule has 0 radical (unpaired) electrons. The molecular formula is C24H28N2O9. The van der Waals surface area contributed by atoms with Crippen LogP contribution in [0.4, 0.5) is 0 Å². The van der Waals surface area contributed by atoms with Crippen LogP contribution < -0.4 is 10.1 Å². The third-order valence-corrected chi connectivity index (χ3v) is 7.88. The maximum absolute atomic E-state index is 12.6. The molecule has 0 saturated carbocycles. The molecule has 5 rings (SSSR count). The van der Waals surface area contributed by atoms with Crippen LogP contribution in [0.5, 0.6) is 11.5 Å². The first-order valence-electron chi connectivity index (χ1n) is 11.6. The van der Waals surface area contributed by atoms with E-state index in [-0.39, 0.29) is 36.9 Å². The van der Waals surface area contributed by atoms with E-state index >= 15 is 0 Å². The Morgan fingerprint density at radius 1 is 1.34 bits per heavy atom. The normalized spacial score (nSPS) is 31.0. The molecule has 188 valence electrons. The third-order valence-electron chi connectivity index (χ3n) is 7.88. The highest BCUT2D eigenvalue weighted by atomic mass is 16.6. The molecule has 1 saturated heterocycles. The summed E-state index contributed by atoms with van der Waals surface area (Å²) in [5.41, 5.74) is -0.251. The first kappa shape index (κ1) is 23.6. The quantitative estimate of drug-likeness (QED) is 0.318. The molecule has 35 heavy (non-hydrogen) atoms. The molecule has 1 unspecified atom stereocenters. The number of aliphatic hydroxyl groups is 2. The van der Waals surface area contributed by atoms with Gasteiger partial charge in [0.1, 0.15) is 11.9 Å². The lowest BCUT2D eigenvalue weighted by molar-refractivity contribution is -0.169. The van der Waals surface area contributed by atoms with E-state index in [0.29, 0.717) is 25.1 Å². The van der Waals surface area contributed by atoms with Gasteiger partial charge in [0.2, 0.25) is 5.91 Å². The number of aliphatic hydroxyl groups excluding tert-OH is 1. The summed E-state index contributed by atoms with van der Waals surface area (Å²) >= 11 is 0. The van der Waals surface area contributed by atoms with E-state index in [9.17, 15) is 29.7 Å². The van der Waals surface area contributed by atoms with E-state index in [0.717, 1.165) is 11.1 Å². The minimum atomic E-state index is -1.71. The second kappa shape index (κ2) is 8.21.